The summed E-state index contributed by atoms with van der Waals surface area (Å²) in [6.07, 6.45) is -21.5. The maximum Gasteiger partial charge on any atom is 0.416 e. The second-order valence-corrected chi connectivity index (χ2v) is 8.36. The van der Waals surface area contributed by atoms with Crippen LogP contribution in [0.2, 0.25) is 0 Å². The van der Waals surface area contributed by atoms with Crippen LogP contribution in [0, 0.1) is 0 Å². The average Bonchev–Trinajstić information content (AvgIpc) is 2.64. The lowest BCUT2D eigenvalue weighted by atomic mass is 9.94. The number of rotatable bonds is 4. The summed E-state index contributed by atoms with van der Waals surface area (Å²) in [6.45, 7) is 0. The Labute approximate surface area is 187 Å². The molecule has 2 aromatic rings. The Hall–Kier alpha value is -2.98. The lowest BCUT2D eigenvalue weighted by Crippen LogP contribution is -2.17. The van der Waals surface area contributed by atoms with Gasteiger partial charge >= 0.3 is 34.8 Å². The van der Waals surface area contributed by atoms with Gasteiger partial charge in [0.15, 0.2) is 0 Å². The minimum atomic E-state index is -5.45. The molecular formula is C18H9F12NO3S. The molecule has 0 spiro atoms. The summed E-state index contributed by atoms with van der Waals surface area (Å²) in [4.78, 5) is 0. The zero-order valence-corrected chi connectivity index (χ0v) is 17.4. The van der Waals surface area contributed by atoms with Crippen LogP contribution in [-0.2, 0) is 39.1 Å². The third-order valence-electron chi connectivity index (χ3n) is 3.99. The van der Waals surface area contributed by atoms with Crippen LogP contribution in [0.3, 0.4) is 0 Å². The monoisotopic (exact) mass is 547 g/mol. The Bertz CT molecular complexity index is 1100. The van der Waals surface area contributed by atoms with E-state index in [1.807, 2.05) is 0 Å². The van der Waals surface area contributed by atoms with Crippen molar-refractivity contribution in [3.8, 4) is 0 Å². The van der Waals surface area contributed by atoms with Crippen LogP contribution in [0.1, 0.15) is 33.4 Å². The van der Waals surface area contributed by atoms with Crippen molar-refractivity contribution < 1.29 is 65.4 Å². The summed E-state index contributed by atoms with van der Waals surface area (Å²) in [5, 5.41) is 2.79. The van der Waals surface area contributed by atoms with Crippen LogP contribution in [-0.4, -0.2) is 20.4 Å². The van der Waals surface area contributed by atoms with Gasteiger partial charge in [0.2, 0.25) is 0 Å². The molecule has 0 saturated carbocycles. The predicted molar refractivity (Wildman–Crippen MR) is 94.5 cm³/mol. The van der Waals surface area contributed by atoms with Crippen LogP contribution in [0.4, 0.5) is 52.7 Å². The van der Waals surface area contributed by atoms with E-state index in [1.54, 1.807) is 0 Å². The molecule has 0 N–H and O–H groups in total. The summed E-state index contributed by atoms with van der Waals surface area (Å²) in [5.74, 6) is 0. The molecule has 0 saturated heterocycles. The first kappa shape index (κ1) is 28.3. The van der Waals surface area contributed by atoms with Crippen molar-refractivity contribution >= 4 is 15.8 Å². The third kappa shape index (κ3) is 7.50. The van der Waals surface area contributed by atoms with Gasteiger partial charge in [-0.1, -0.05) is 5.16 Å². The molecule has 2 aromatic carbocycles. The number of hydrogen-bond acceptors (Lipinski definition) is 4. The van der Waals surface area contributed by atoms with Gasteiger partial charge in [-0.15, -0.1) is 0 Å². The van der Waals surface area contributed by atoms with Gasteiger partial charge in [-0.2, -0.15) is 61.1 Å². The van der Waals surface area contributed by atoms with E-state index in [2.05, 4.69) is 9.44 Å². The minimum Gasteiger partial charge on any atom is -0.268 e. The molecule has 0 heterocycles. The van der Waals surface area contributed by atoms with Crippen LogP contribution in [0.5, 0.6) is 0 Å². The van der Waals surface area contributed by atoms with Crippen molar-refractivity contribution in [2.45, 2.75) is 24.7 Å². The first-order chi connectivity index (χ1) is 15.5. The Morgan fingerprint density at radius 3 is 1.06 bits per heavy atom. The molecule has 0 atom stereocenters. The minimum absolute atomic E-state index is 0.0762. The second-order valence-electron chi connectivity index (χ2n) is 6.81. The van der Waals surface area contributed by atoms with E-state index in [-0.39, 0.29) is 36.4 Å². The first-order valence-electron chi connectivity index (χ1n) is 8.55. The molecule has 0 radical (unpaired) electrons. The highest BCUT2D eigenvalue weighted by molar-refractivity contribution is 7.85. The lowest BCUT2D eigenvalue weighted by Gasteiger charge is -2.17. The number of oxime groups is 1. The Kier molecular flexibility index (Phi) is 7.19. The molecule has 2 rings (SSSR count). The van der Waals surface area contributed by atoms with Crippen LogP contribution in [0.15, 0.2) is 41.6 Å². The molecule has 0 aromatic heterocycles. The highest BCUT2D eigenvalue weighted by Crippen LogP contribution is 2.39. The van der Waals surface area contributed by atoms with Gasteiger partial charge in [-0.25, -0.2) is 0 Å². The Balaban J connectivity index is 2.99. The van der Waals surface area contributed by atoms with E-state index < -0.39 is 73.9 Å². The topological polar surface area (TPSA) is 55.7 Å². The molecule has 35 heavy (non-hydrogen) atoms. The van der Waals surface area contributed by atoms with E-state index in [4.69, 9.17) is 0 Å². The molecule has 0 aliphatic heterocycles. The van der Waals surface area contributed by atoms with Gasteiger partial charge < -0.3 is 0 Å². The molecule has 0 bridgehead atoms. The third-order valence-corrected chi connectivity index (χ3v) is 4.33. The molecule has 0 amide bonds. The van der Waals surface area contributed by atoms with E-state index in [9.17, 15) is 61.1 Å². The van der Waals surface area contributed by atoms with Gasteiger partial charge in [0.25, 0.3) is 0 Å². The molecule has 0 unspecified atom stereocenters. The molecule has 4 nitrogen and oxygen atoms in total. The van der Waals surface area contributed by atoms with E-state index in [0.717, 1.165) is 0 Å². The molecule has 17 heteroatoms. The SMILES string of the molecule is CS(=O)(=O)ON=C(c1cc(C(F)(F)F)cc(C(F)(F)F)c1)c1cc(C(F)(F)F)cc(C(F)(F)F)c1. The fourth-order valence-corrected chi connectivity index (χ4v) is 2.77. The predicted octanol–water partition coefficient (Wildman–Crippen LogP) is 6.49. The van der Waals surface area contributed by atoms with Gasteiger partial charge in [0.05, 0.1) is 28.5 Å². The molecular weight excluding hydrogens is 538 g/mol. The van der Waals surface area contributed by atoms with Crippen LogP contribution >= 0.6 is 0 Å². The number of alkyl halides is 12. The number of hydrogen-bond donors (Lipinski definition) is 0. The fraction of sp³-hybridized carbons (Fsp3) is 0.278. The van der Waals surface area contributed by atoms with Crippen LogP contribution < -0.4 is 0 Å². The summed E-state index contributed by atoms with van der Waals surface area (Å²) in [5.41, 5.74) is -12.2. The Morgan fingerprint density at radius 2 is 0.857 bits per heavy atom. The molecule has 194 valence electrons. The van der Waals surface area contributed by atoms with Crippen molar-refractivity contribution in [3.05, 3.63) is 69.8 Å². The van der Waals surface area contributed by atoms with Crippen molar-refractivity contribution in [1.82, 2.24) is 0 Å². The summed E-state index contributed by atoms with van der Waals surface area (Å²) in [7, 11) is -4.67. The lowest BCUT2D eigenvalue weighted by molar-refractivity contribution is -0.144. The van der Waals surface area contributed by atoms with Crippen molar-refractivity contribution in [2.75, 3.05) is 6.26 Å². The van der Waals surface area contributed by atoms with Gasteiger partial charge in [0.1, 0.15) is 5.71 Å². The number of benzene rings is 2. The molecule has 0 fully saturated rings. The smallest absolute Gasteiger partial charge is 0.268 e. The summed E-state index contributed by atoms with van der Waals surface area (Å²) < 4.78 is 185. The average molecular weight is 547 g/mol. The molecule has 0 aliphatic carbocycles. The van der Waals surface area contributed by atoms with E-state index in [0.29, 0.717) is 6.26 Å². The Morgan fingerprint density at radius 1 is 0.600 bits per heavy atom. The van der Waals surface area contributed by atoms with Crippen LogP contribution in [0.25, 0.3) is 0 Å². The number of nitrogens with zero attached hydrogens (tertiary/aromatic N) is 1. The largest absolute Gasteiger partial charge is 0.416 e. The normalized spacial score (nSPS) is 13.5. The maximum atomic E-state index is 13.2. The number of halogens is 12. The van der Waals surface area contributed by atoms with Gasteiger partial charge in [-0.05, 0) is 36.4 Å². The fourth-order valence-electron chi connectivity index (χ4n) is 2.56. The molecule has 0 aliphatic rings. The standard InChI is InChI=1S/C18H9F12NO3S/c1-35(32,33)34-31-14(8-2-10(15(19,20)21)6-11(3-8)16(22,23)24)9-4-12(17(25,26)27)7-13(5-9)18(28,29)30/h2-7H,1H3. The maximum absolute atomic E-state index is 13.2. The quantitative estimate of drug-likeness (QED) is 0.250. The van der Waals surface area contributed by atoms with Crippen molar-refractivity contribution in [1.29, 1.82) is 0 Å². The first-order valence-corrected chi connectivity index (χ1v) is 10.4. The van der Waals surface area contributed by atoms with Crippen molar-refractivity contribution in [3.63, 3.8) is 0 Å². The second kappa shape index (κ2) is 8.91. The highest BCUT2D eigenvalue weighted by atomic mass is 32.2. The zero-order chi connectivity index (χ0) is 27.2. The van der Waals surface area contributed by atoms with E-state index >= 15 is 0 Å². The van der Waals surface area contributed by atoms with E-state index in [1.165, 1.54) is 0 Å². The summed E-state index contributed by atoms with van der Waals surface area (Å²) in [6, 6.07) is -1.04. The van der Waals surface area contributed by atoms with Gasteiger partial charge in [-0.3, -0.25) is 4.28 Å². The van der Waals surface area contributed by atoms with Gasteiger partial charge in [0, 0.05) is 11.1 Å². The summed E-state index contributed by atoms with van der Waals surface area (Å²) >= 11 is 0. The van der Waals surface area contributed by atoms with Crippen molar-refractivity contribution in [2.24, 2.45) is 5.16 Å². The zero-order valence-electron chi connectivity index (χ0n) is 16.6. The highest BCUT2D eigenvalue weighted by Gasteiger charge is 2.39.